The summed E-state index contributed by atoms with van der Waals surface area (Å²) in [6.07, 6.45) is 0. The van der Waals surface area contributed by atoms with Crippen LogP contribution in [0.5, 0.6) is 0 Å². The molecule has 1 aliphatic rings. The summed E-state index contributed by atoms with van der Waals surface area (Å²) < 4.78 is 5.54. The molecule has 0 saturated carbocycles. The Kier molecular flexibility index (Phi) is 5.23. The van der Waals surface area contributed by atoms with E-state index < -0.39 is 41.0 Å². The molecule has 0 bridgehead atoms. The number of nitro groups is 1. The number of nitrogens with one attached hydrogen (secondary N) is 1. The minimum Gasteiger partial charge on any atom is -0.459 e. The minimum atomic E-state index is -0.903. The van der Waals surface area contributed by atoms with Crippen molar-refractivity contribution in [3.8, 4) is 0 Å². The van der Waals surface area contributed by atoms with Gasteiger partial charge in [0.25, 0.3) is 0 Å². The van der Waals surface area contributed by atoms with Crippen LogP contribution in [0.15, 0.2) is 30.3 Å². The number of nitrogens with zero attached hydrogens (tertiary/aromatic N) is 1. The maximum atomic E-state index is 12.8. The second-order valence-electron chi connectivity index (χ2n) is 8.73. The van der Waals surface area contributed by atoms with E-state index in [4.69, 9.17) is 4.74 Å². The Morgan fingerprint density at radius 3 is 2.12 bits per heavy atom. The Labute approximate surface area is 149 Å². The smallest absolute Gasteiger partial charge is 0.324 e. The molecule has 1 aromatic carbocycles. The summed E-state index contributed by atoms with van der Waals surface area (Å²) in [5.41, 5.74) is -0.268. The fourth-order valence-electron chi connectivity index (χ4n) is 3.60. The predicted molar refractivity (Wildman–Crippen MR) is 95.7 cm³/mol. The van der Waals surface area contributed by atoms with Gasteiger partial charge in [-0.25, -0.2) is 0 Å². The van der Waals surface area contributed by atoms with Crippen molar-refractivity contribution in [1.82, 2.24) is 5.32 Å². The summed E-state index contributed by atoms with van der Waals surface area (Å²) >= 11 is 0. The lowest BCUT2D eigenvalue weighted by Crippen LogP contribution is -2.46. The first-order valence-electron chi connectivity index (χ1n) is 8.59. The van der Waals surface area contributed by atoms with Gasteiger partial charge in [-0.1, -0.05) is 51.1 Å². The van der Waals surface area contributed by atoms with Crippen LogP contribution in [0.2, 0.25) is 0 Å². The summed E-state index contributed by atoms with van der Waals surface area (Å²) in [4.78, 5) is 24.4. The largest absolute Gasteiger partial charge is 0.459 e. The number of hydrogen-bond donors (Lipinski definition) is 1. The molecule has 6 nitrogen and oxygen atoms in total. The van der Waals surface area contributed by atoms with E-state index in [2.05, 4.69) is 5.32 Å². The summed E-state index contributed by atoms with van der Waals surface area (Å²) in [5, 5.41) is 15.1. The van der Waals surface area contributed by atoms with Crippen molar-refractivity contribution >= 4 is 5.97 Å². The van der Waals surface area contributed by atoms with Crippen LogP contribution < -0.4 is 5.32 Å². The van der Waals surface area contributed by atoms with Crippen molar-refractivity contribution in [2.24, 2.45) is 11.3 Å². The Morgan fingerprint density at radius 1 is 1.12 bits per heavy atom. The number of carbonyl (C=O) groups is 1. The summed E-state index contributed by atoms with van der Waals surface area (Å²) in [5.74, 6) is -0.916. The molecule has 0 spiro atoms. The van der Waals surface area contributed by atoms with Crippen LogP contribution in [-0.2, 0) is 9.53 Å². The molecule has 6 heteroatoms. The Balaban J connectivity index is 2.45. The van der Waals surface area contributed by atoms with Gasteiger partial charge in [0.1, 0.15) is 17.7 Å². The molecule has 1 heterocycles. The fourth-order valence-corrected chi connectivity index (χ4v) is 3.60. The average Bonchev–Trinajstić information content (AvgIpc) is 2.87. The van der Waals surface area contributed by atoms with Crippen LogP contribution >= 0.6 is 0 Å². The van der Waals surface area contributed by atoms with E-state index in [0.717, 1.165) is 5.56 Å². The number of rotatable bonds is 3. The molecule has 1 aliphatic heterocycles. The van der Waals surface area contributed by atoms with Gasteiger partial charge in [-0.15, -0.1) is 0 Å². The number of carbonyl (C=O) groups excluding carboxylic acids is 1. The van der Waals surface area contributed by atoms with Gasteiger partial charge < -0.3 is 4.74 Å². The van der Waals surface area contributed by atoms with Crippen LogP contribution in [0.25, 0.3) is 0 Å². The van der Waals surface area contributed by atoms with E-state index >= 15 is 0 Å². The lowest BCUT2D eigenvalue weighted by molar-refractivity contribution is -0.535. The highest BCUT2D eigenvalue weighted by molar-refractivity contribution is 5.77. The van der Waals surface area contributed by atoms with Gasteiger partial charge in [0.2, 0.25) is 6.04 Å². The second-order valence-corrected chi connectivity index (χ2v) is 8.73. The number of ether oxygens (including phenoxy) is 1. The molecule has 2 rings (SSSR count). The number of esters is 1. The topological polar surface area (TPSA) is 81.5 Å². The van der Waals surface area contributed by atoms with Crippen molar-refractivity contribution in [2.45, 2.75) is 65.3 Å². The van der Waals surface area contributed by atoms with E-state index in [0.29, 0.717) is 0 Å². The lowest BCUT2D eigenvalue weighted by atomic mass is 9.73. The highest BCUT2D eigenvalue weighted by Gasteiger charge is 2.58. The van der Waals surface area contributed by atoms with Gasteiger partial charge in [-0.05, 0) is 31.7 Å². The molecule has 1 aromatic rings. The van der Waals surface area contributed by atoms with Crippen molar-refractivity contribution in [3.05, 3.63) is 46.0 Å². The Hall–Kier alpha value is -1.95. The van der Waals surface area contributed by atoms with Gasteiger partial charge in [-0.3, -0.25) is 20.2 Å². The third-order valence-corrected chi connectivity index (χ3v) is 4.49. The maximum absolute atomic E-state index is 12.8. The molecule has 0 amide bonds. The molecule has 25 heavy (non-hydrogen) atoms. The van der Waals surface area contributed by atoms with Gasteiger partial charge in [0.05, 0.1) is 5.92 Å². The monoisotopic (exact) mass is 348 g/mol. The molecule has 4 atom stereocenters. The van der Waals surface area contributed by atoms with E-state index in [1.165, 1.54) is 0 Å². The molecule has 1 N–H and O–H groups in total. The first-order chi connectivity index (χ1) is 11.4. The standard InChI is InChI=1S/C19H28N2O4/c1-18(2,3)13-15(17(22)25-19(4,5)6)20-14(16(13)21(23)24)12-10-8-7-9-11-12/h7-11,13-16,20H,1-6H3/t13-,14-,15-,16+/m0/s1. The maximum Gasteiger partial charge on any atom is 0.324 e. The van der Waals surface area contributed by atoms with Crippen molar-refractivity contribution < 1.29 is 14.5 Å². The summed E-state index contributed by atoms with van der Waals surface area (Å²) in [7, 11) is 0. The first kappa shape index (κ1) is 19.4. The normalized spacial score (nSPS) is 27.1. The number of benzene rings is 1. The van der Waals surface area contributed by atoms with Crippen molar-refractivity contribution in [2.75, 3.05) is 0 Å². The molecule has 0 unspecified atom stereocenters. The van der Waals surface area contributed by atoms with E-state index in [-0.39, 0.29) is 4.92 Å². The molecule has 1 saturated heterocycles. The van der Waals surface area contributed by atoms with Gasteiger partial charge in [0, 0.05) is 4.92 Å². The zero-order chi connectivity index (χ0) is 19.0. The van der Waals surface area contributed by atoms with E-state index in [1.54, 1.807) is 20.8 Å². The van der Waals surface area contributed by atoms with Gasteiger partial charge in [-0.2, -0.15) is 0 Å². The van der Waals surface area contributed by atoms with E-state index in [9.17, 15) is 14.9 Å². The molecule has 1 fully saturated rings. The average molecular weight is 348 g/mol. The second kappa shape index (κ2) is 6.75. The zero-order valence-corrected chi connectivity index (χ0v) is 15.8. The molecule has 0 aromatic heterocycles. The SMILES string of the molecule is CC(C)(C)OC(=O)[C@H]1N[C@@H](c2ccccc2)[C@H]([N+](=O)[O-])[C@H]1C(C)(C)C. The lowest BCUT2D eigenvalue weighted by Gasteiger charge is -2.32. The first-order valence-corrected chi connectivity index (χ1v) is 8.59. The summed E-state index contributed by atoms with van der Waals surface area (Å²) in [6, 6.07) is 7.11. The van der Waals surface area contributed by atoms with Crippen LogP contribution in [-0.4, -0.2) is 28.6 Å². The molecule has 0 radical (unpaired) electrons. The Morgan fingerprint density at radius 2 is 1.68 bits per heavy atom. The molecular formula is C19H28N2O4. The predicted octanol–water partition coefficient (Wildman–Crippen LogP) is 3.35. The van der Waals surface area contributed by atoms with Crippen LogP contribution in [0, 0.1) is 21.4 Å². The van der Waals surface area contributed by atoms with Gasteiger partial charge in [0.15, 0.2) is 0 Å². The van der Waals surface area contributed by atoms with Crippen molar-refractivity contribution in [1.29, 1.82) is 0 Å². The van der Waals surface area contributed by atoms with Crippen molar-refractivity contribution in [3.63, 3.8) is 0 Å². The third-order valence-electron chi connectivity index (χ3n) is 4.49. The Bertz CT molecular complexity index is 631. The molecule has 0 aliphatic carbocycles. The highest BCUT2D eigenvalue weighted by atomic mass is 16.6. The van der Waals surface area contributed by atoms with Gasteiger partial charge >= 0.3 is 5.97 Å². The van der Waals surface area contributed by atoms with Crippen LogP contribution in [0.3, 0.4) is 0 Å². The number of hydrogen-bond acceptors (Lipinski definition) is 5. The van der Waals surface area contributed by atoms with Crippen LogP contribution in [0.4, 0.5) is 0 Å². The zero-order valence-electron chi connectivity index (χ0n) is 15.8. The van der Waals surface area contributed by atoms with Crippen LogP contribution in [0.1, 0.15) is 53.1 Å². The quantitative estimate of drug-likeness (QED) is 0.515. The molecule has 138 valence electrons. The summed E-state index contributed by atoms with van der Waals surface area (Å²) in [6.45, 7) is 11.2. The highest BCUT2D eigenvalue weighted by Crippen LogP contribution is 2.43. The minimum absolute atomic E-state index is 0.259. The fraction of sp³-hybridized carbons (Fsp3) is 0.632. The molecular weight excluding hydrogens is 320 g/mol. The third kappa shape index (κ3) is 4.37. The van der Waals surface area contributed by atoms with E-state index in [1.807, 2.05) is 51.1 Å².